The van der Waals surface area contributed by atoms with Crippen molar-refractivity contribution in [3.63, 3.8) is 0 Å². The number of amides is 1. The number of unbranched alkanes of at least 4 members (excludes halogenated alkanes) is 33. The SMILES string of the molecule is CCCCCCCCCCC/C=C/C(O)C(CO)NC(=O)CCCCCCC/C=C\CCCCOC(=O)CCCCCCCCCCCCCCCCCCCC. The summed E-state index contributed by atoms with van der Waals surface area (Å²) in [4.78, 5) is 24.4. The van der Waals surface area contributed by atoms with Crippen LogP contribution in [-0.4, -0.2) is 47.4 Å². The van der Waals surface area contributed by atoms with E-state index in [0.29, 0.717) is 19.4 Å². The summed E-state index contributed by atoms with van der Waals surface area (Å²) in [7, 11) is 0. The van der Waals surface area contributed by atoms with Crippen molar-refractivity contribution in [3.8, 4) is 0 Å². The minimum Gasteiger partial charge on any atom is -0.466 e. The second kappa shape index (κ2) is 47.0. The Morgan fingerprint density at radius 2 is 0.825 bits per heavy atom. The lowest BCUT2D eigenvalue weighted by Crippen LogP contribution is -2.45. The van der Waals surface area contributed by atoms with E-state index in [9.17, 15) is 19.8 Å². The molecule has 0 aromatic heterocycles. The summed E-state index contributed by atoms with van der Waals surface area (Å²) in [5.74, 6) is -0.128. The van der Waals surface area contributed by atoms with Crippen molar-refractivity contribution in [3.05, 3.63) is 24.3 Å². The molecule has 0 aliphatic heterocycles. The van der Waals surface area contributed by atoms with Crippen LogP contribution in [0.2, 0.25) is 0 Å². The van der Waals surface area contributed by atoms with Gasteiger partial charge in [0, 0.05) is 12.8 Å². The molecule has 0 saturated carbocycles. The smallest absolute Gasteiger partial charge is 0.305 e. The summed E-state index contributed by atoms with van der Waals surface area (Å²) in [6, 6.07) is -0.646. The number of aliphatic hydroxyl groups is 2. The molecule has 0 fully saturated rings. The fraction of sp³-hybridized carbons (Fsp3) is 0.882. The zero-order valence-electron chi connectivity index (χ0n) is 38.1. The van der Waals surface area contributed by atoms with Crippen molar-refractivity contribution < 1.29 is 24.5 Å². The molecular weight excluding hydrogens is 707 g/mol. The highest BCUT2D eigenvalue weighted by molar-refractivity contribution is 5.76. The Morgan fingerprint density at radius 1 is 0.474 bits per heavy atom. The highest BCUT2D eigenvalue weighted by Crippen LogP contribution is 2.16. The molecule has 0 heterocycles. The number of carbonyl (C=O) groups excluding carboxylic acids is 2. The van der Waals surface area contributed by atoms with E-state index < -0.39 is 12.1 Å². The van der Waals surface area contributed by atoms with Gasteiger partial charge in [-0.05, 0) is 57.8 Å². The van der Waals surface area contributed by atoms with Crippen molar-refractivity contribution in [2.45, 2.75) is 276 Å². The molecule has 1 amide bonds. The van der Waals surface area contributed by atoms with E-state index >= 15 is 0 Å². The molecule has 0 spiro atoms. The standard InChI is InChI=1S/C51H97NO5/c1-3-5-7-9-11-13-15-16-17-18-19-20-21-25-29-33-37-41-45-51(56)57-46-42-38-34-30-26-22-24-28-32-36-40-44-50(55)52-48(47-53)49(54)43-39-35-31-27-23-14-12-10-8-6-4-2/h26,30,39,43,48-49,53-54H,3-25,27-29,31-38,40-42,44-47H2,1-2H3,(H,52,55)/b30-26-,43-39+. The number of carbonyl (C=O) groups is 2. The number of hydrogen-bond donors (Lipinski definition) is 3. The van der Waals surface area contributed by atoms with Gasteiger partial charge in [-0.1, -0.05) is 218 Å². The molecule has 2 atom stereocenters. The van der Waals surface area contributed by atoms with Gasteiger partial charge in [-0.25, -0.2) is 0 Å². The molecule has 3 N–H and O–H groups in total. The van der Waals surface area contributed by atoms with E-state index in [1.54, 1.807) is 6.08 Å². The number of aliphatic hydroxyl groups excluding tert-OH is 2. The summed E-state index contributed by atoms with van der Waals surface area (Å²) in [5, 5.41) is 22.9. The largest absolute Gasteiger partial charge is 0.466 e. The highest BCUT2D eigenvalue weighted by atomic mass is 16.5. The van der Waals surface area contributed by atoms with Crippen LogP contribution in [0, 0.1) is 0 Å². The molecule has 0 bridgehead atoms. The molecule has 6 heteroatoms. The van der Waals surface area contributed by atoms with E-state index in [1.807, 2.05) is 6.08 Å². The van der Waals surface area contributed by atoms with Crippen molar-refractivity contribution in [2.24, 2.45) is 0 Å². The van der Waals surface area contributed by atoms with Crippen LogP contribution >= 0.6 is 0 Å². The average molecular weight is 804 g/mol. The van der Waals surface area contributed by atoms with E-state index in [0.717, 1.165) is 83.5 Å². The summed E-state index contributed by atoms with van der Waals surface area (Å²) in [6.45, 7) is 4.81. The number of rotatable bonds is 46. The minimum absolute atomic E-state index is 0.0294. The Balaban J connectivity index is 3.50. The van der Waals surface area contributed by atoms with Crippen LogP contribution in [0.25, 0.3) is 0 Å². The van der Waals surface area contributed by atoms with Gasteiger partial charge in [0.1, 0.15) is 0 Å². The van der Waals surface area contributed by atoms with Crippen LogP contribution in [0.5, 0.6) is 0 Å². The van der Waals surface area contributed by atoms with Crippen molar-refractivity contribution >= 4 is 11.9 Å². The molecule has 0 radical (unpaired) electrons. The second-order valence-electron chi connectivity index (χ2n) is 17.1. The zero-order chi connectivity index (χ0) is 41.5. The zero-order valence-corrected chi connectivity index (χ0v) is 38.1. The normalized spacial score (nSPS) is 12.8. The summed E-state index contributed by atoms with van der Waals surface area (Å²) < 4.78 is 5.44. The molecule has 0 aliphatic carbocycles. The molecule has 0 rings (SSSR count). The number of allylic oxidation sites excluding steroid dienone is 3. The Morgan fingerprint density at radius 3 is 1.25 bits per heavy atom. The number of hydrogen-bond acceptors (Lipinski definition) is 5. The van der Waals surface area contributed by atoms with Gasteiger partial charge < -0.3 is 20.3 Å². The first kappa shape index (κ1) is 55.3. The van der Waals surface area contributed by atoms with Crippen LogP contribution in [0.1, 0.15) is 264 Å². The first-order chi connectivity index (χ1) is 28.0. The van der Waals surface area contributed by atoms with E-state index in [-0.39, 0.29) is 18.5 Å². The van der Waals surface area contributed by atoms with Crippen molar-refractivity contribution in [2.75, 3.05) is 13.2 Å². The molecule has 6 nitrogen and oxygen atoms in total. The predicted octanol–water partition coefficient (Wildman–Crippen LogP) is 14.7. The molecular formula is C51H97NO5. The van der Waals surface area contributed by atoms with Gasteiger partial charge in [-0.3, -0.25) is 9.59 Å². The van der Waals surface area contributed by atoms with Crippen LogP contribution in [0.4, 0.5) is 0 Å². The lowest BCUT2D eigenvalue weighted by molar-refractivity contribution is -0.143. The third kappa shape index (κ3) is 43.7. The topological polar surface area (TPSA) is 95.9 Å². The second-order valence-corrected chi connectivity index (χ2v) is 17.1. The summed E-state index contributed by atoms with van der Waals surface area (Å²) in [6.07, 6.45) is 54.7. The Kier molecular flexibility index (Phi) is 45.7. The molecule has 0 saturated heterocycles. The van der Waals surface area contributed by atoms with Gasteiger partial charge in [0.05, 0.1) is 25.4 Å². The number of esters is 1. The quantitative estimate of drug-likeness (QED) is 0.0324. The minimum atomic E-state index is -0.860. The molecule has 0 aliphatic rings. The maximum absolute atomic E-state index is 12.4. The van der Waals surface area contributed by atoms with Gasteiger partial charge in [0.25, 0.3) is 0 Å². The van der Waals surface area contributed by atoms with Crippen LogP contribution in [0.15, 0.2) is 24.3 Å². The van der Waals surface area contributed by atoms with Crippen LogP contribution in [0.3, 0.4) is 0 Å². The Bertz CT molecular complexity index is 889. The van der Waals surface area contributed by atoms with Crippen LogP contribution < -0.4 is 5.32 Å². The van der Waals surface area contributed by atoms with E-state index in [1.165, 1.54) is 154 Å². The Labute approximate surface area is 354 Å². The molecule has 57 heavy (non-hydrogen) atoms. The van der Waals surface area contributed by atoms with Gasteiger partial charge in [-0.15, -0.1) is 0 Å². The van der Waals surface area contributed by atoms with Gasteiger partial charge >= 0.3 is 5.97 Å². The predicted molar refractivity (Wildman–Crippen MR) is 246 cm³/mol. The first-order valence-corrected chi connectivity index (χ1v) is 25.1. The lowest BCUT2D eigenvalue weighted by Gasteiger charge is -2.20. The number of nitrogens with one attached hydrogen (secondary N) is 1. The van der Waals surface area contributed by atoms with Gasteiger partial charge in [0.2, 0.25) is 5.91 Å². The highest BCUT2D eigenvalue weighted by Gasteiger charge is 2.18. The van der Waals surface area contributed by atoms with E-state index in [2.05, 4.69) is 31.3 Å². The summed E-state index contributed by atoms with van der Waals surface area (Å²) in [5.41, 5.74) is 0. The van der Waals surface area contributed by atoms with E-state index in [4.69, 9.17) is 4.74 Å². The first-order valence-electron chi connectivity index (χ1n) is 25.1. The third-order valence-corrected chi connectivity index (χ3v) is 11.5. The average Bonchev–Trinajstić information content (AvgIpc) is 3.21. The fourth-order valence-electron chi connectivity index (χ4n) is 7.57. The monoisotopic (exact) mass is 804 g/mol. The summed E-state index contributed by atoms with van der Waals surface area (Å²) >= 11 is 0. The lowest BCUT2D eigenvalue weighted by atomic mass is 10.0. The molecule has 336 valence electrons. The van der Waals surface area contributed by atoms with Crippen molar-refractivity contribution in [1.82, 2.24) is 5.32 Å². The van der Waals surface area contributed by atoms with Crippen molar-refractivity contribution in [1.29, 1.82) is 0 Å². The number of ether oxygens (including phenoxy) is 1. The molecule has 2 unspecified atom stereocenters. The fourth-order valence-corrected chi connectivity index (χ4v) is 7.57. The maximum atomic E-state index is 12.4. The Hall–Kier alpha value is -1.66. The third-order valence-electron chi connectivity index (χ3n) is 11.5. The van der Waals surface area contributed by atoms with Crippen LogP contribution in [-0.2, 0) is 14.3 Å². The van der Waals surface area contributed by atoms with Gasteiger partial charge in [-0.2, -0.15) is 0 Å². The molecule has 0 aromatic rings. The maximum Gasteiger partial charge on any atom is 0.305 e. The molecule has 0 aromatic carbocycles. The van der Waals surface area contributed by atoms with Gasteiger partial charge in [0.15, 0.2) is 0 Å².